The molecule has 12 heteroatoms. The molecule has 0 atom stereocenters. The maximum atomic E-state index is 11.7. The molecule has 3 rings (SSSR count). The van der Waals surface area contributed by atoms with Crippen LogP contribution in [0.5, 0.6) is 0 Å². The summed E-state index contributed by atoms with van der Waals surface area (Å²) in [6, 6.07) is 11.1. The number of anilines is 1. The van der Waals surface area contributed by atoms with Crippen molar-refractivity contribution >= 4 is 77.6 Å². The zero-order valence-corrected chi connectivity index (χ0v) is 19.1. The topological polar surface area (TPSA) is 159 Å². The summed E-state index contributed by atoms with van der Waals surface area (Å²) < 4.78 is 64.8. The summed E-state index contributed by atoms with van der Waals surface area (Å²) in [6.45, 7) is 1.80. The standard InChI is InChI=1S/C17H15N3O6S2.Na/c1-10-6-12(18)3-5-16(10)20-19-13-4-2-11-7-14(27(21,22)23)9-17(15(11)8-13)28(24,25)26;/h2-9H,18H2,1H3,(H,21,22,23)(H,24,25,26);. The molecule has 0 fully saturated rings. The van der Waals surface area contributed by atoms with Gasteiger partial charge in [-0.05, 0) is 60.3 Å². The van der Waals surface area contributed by atoms with E-state index in [1.807, 2.05) is 0 Å². The van der Waals surface area contributed by atoms with Gasteiger partial charge in [-0.2, -0.15) is 27.1 Å². The fourth-order valence-corrected chi connectivity index (χ4v) is 3.96. The molecule has 1 radical (unpaired) electrons. The van der Waals surface area contributed by atoms with E-state index in [0.29, 0.717) is 17.4 Å². The van der Waals surface area contributed by atoms with E-state index in [0.717, 1.165) is 11.6 Å². The molecule has 147 valence electrons. The molecule has 4 N–H and O–H groups in total. The normalized spacial score (nSPS) is 12.2. The Balaban J connectivity index is 0.00000300. The van der Waals surface area contributed by atoms with Gasteiger partial charge >= 0.3 is 0 Å². The maximum absolute atomic E-state index is 11.7. The van der Waals surface area contributed by atoms with Gasteiger partial charge in [0, 0.05) is 40.6 Å². The van der Waals surface area contributed by atoms with E-state index in [9.17, 15) is 25.9 Å². The summed E-state index contributed by atoms with van der Waals surface area (Å²) in [5, 5.41) is 8.35. The van der Waals surface area contributed by atoms with Crippen LogP contribution in [0, 0.1) is 6.92 Å². The van der Waals surface area contributed by atoms with Crippen molar-refractivity contribution in [1.82, 2.24) is 0 Å². The smallest absolute Gasteiger partial charge is 0.295 e. The summed E-state index contributed by atoms with van der Waals surface area (Å²) in [6.07, 6.45) is 0. The molecule has 0 heterocycles. The van der Waals surface area contributed by atoms with Crippen LogP contribution in [0.3, 0.4) is 0 Å². The molecule has 0 aliphatic rings. The van der Waals surface area contributed by atoms with E-state index in [1.54, 1.807) is 25.1 Å². The van der Waals surface area contributed by atoms with E-state index < -0.39 is 30.0 Å². The van der Waals surface area contributed by atoms with E-state index in [2.05, 4.69) is 10.2 Å². The van der Waals surface area contributed by atoms with Crippen molar-refractivity contribution in [2.45, 2.75) is 16.7 Å². The Bertz CT molecular complexity index is 1340. The first-order chi connectivity index (χ1) is 12.9. The minimum Gasteiger partial charge on any atom is -0.399 e. The zero-order chi connectivity index (χ0) is 20.7. The molecule has 3 aromatic carbocycles. The minimum absolute atomic E-state index is 0. The van der Waals surface area contributed by atoms with Crippen LogP contribution in [0.2, 0.25) is 0 Å². The zero-order valence-electron chi connectivity index (χ0n) is 15.4. The Hall–Kier alpha value is -1.86. The monoisotopic (exact) mass is 444 g/mol. The Morgan fingerprint density at radius 2 is 1.55 bits per heavy atom. The predicted molar refractivity (Wildman–Crippen MR) is 109 cm³/mol. The Kier molecular flexibility index (Phi) is 6.85. The molecule has 0 bridgehead atoms. The number of azo groups is 1. The van der Waals surface area contributed by atoms with Crippen molar-refractivity contribution in [2.24, 2.45) is 10.2 Å². The number of nitrogens with zero attached hydrogens (tertiary/aromatic N) is 2. The van der Waals surface area contributed by atoms with E-state index >= 15 is 0 Å². The number of rotatable bonds is 4. The molecule has 0 saturated carbocycles. The maximum Gasteiger partial charge on any atom is 0.295 e. The number of aryl methyl sites for hydroxylation is 1. The van der Waals surface area contributed by atoms with E-state index in [4.69, 9.17) is 5.73 Å². The van der Waals surface area contributed by atoms with Gasteiger partial charge in [-0.25, -0.2) is 0 Å². The first-order valence-electron chi connectivity index (χ1n) is 7.76. The fourth-order valence-electron chi connectivity index (χ4n) is 2.61. The average molecular weight is 444 g/mol. The summed E-state index contributed by atoms with van der Waals surface area (Å²) in [4.78, 5) is -1.32. The van der Waals surface area contributed by atoms with E-state index in [1.165, 1.54) is 18.2 Å². The molecule has 9 nitrogen and oxygen atoms in total. The molecule has 0 saturated heterocycles. The van der Waals surface area contributed by atoms with Gasteiger partial charge in [0.2, 0.25) is 0 Å². The molecule has 0 unspecified atom stereocenters. The first kappa shape index (κ1) is 23.4. The third kappa shape index (κ3) is 5.39. The van der Waals surface area contributed by atoms with Gasteiger partial charge in [-0.15, -0.1) is 0 Å². The first-order valence-corrected chi connectivity index (χ1v) is 10.6. The second kappa shape index (κ2) is 8.48. The molecule has 0 aliphatic carbocycles. The largest absolute Gasteiger partial charge is 0.399 e. The molecular formula is C17H15N3NaO6S2. The summed E-state index contributed by atoms with van der Waals surface area (Å²) in [5.74, 6) is 0. The number of benzene rings is 3. The second-order valence-electron chi connectivity index (χ2n) is 6.02. The van der Waals surface area contributed by atoms with Gasteiger partial charge in [0.25, 0.3) is 20.2 Å². The molecule has 0 aromatic heterocycles. The third-order valence-electron chi connectivity index (χ3n) is 3.94. The van der Waals surface area contributed by atoms with Crippen molar-refractivity contribution in [1.29, 1.82) is 0 Å². The quantitative estimate of drug-likeness (QED) is 0.241. The number of nitrogens with two attached hydrogens (primary N) is 1. The molecule has 0 aliphatic heterocycles. The molecule has 0 spiro atoms. The van der Waals surface area contributed by atoms with Crippen LogP contribution >= 0.6 is 0 Å². The van der Waals surface area contributed by atoms with Crippen LogP contribution in [-0.4, -0.2) is 55.5 Å². The number of hydrogen-bond acceptors (Lipinski definition) is 7. The summed E-state index contributed by atoms with van der Waals surface area (Å²) in [7, 11) is -9.44. The van der Waals surface area contributed by atoms with Crippen LogP contribution in [-0.2, 0) is 20.2 Å². The van der Waals surface area contributed by atoms with Gasteiger partial charge in [0.05, 0.1) is 16.3 Å². The second-order valence-corrected chi connectivity index (χ2v) is 8.83. The summed E-state index contributed by atoms with van der Waals surface area (Å²) >= 11 is 0. The molecule has 29 heavy (non-hydrogen) atoms. The Morgan fingerprint density at radius 3 is 2.14 bits per heavy atom. The van der Waals surface area contributed by atoms with Gasteiger partial charge in [0.15, 0.2) is 0 Å². The number of fused-ring (bicyclic) bond motifs is 1. The molecular weight excluding hydrogens is 429 g/mol. The molecule has 0 amide bonds. The number of nitrogen functional groups attached to an aromatic ring is 1. The van der Waals surface area contributed by atoms with Crippen LogP contribution in [0.1, 0.15) is 5.56 Å². The van der Waals surface area contributed by atoms with Crippen molar-refractivity contribution < 1.29 is 25.9 Å². The van der Waals surface area contributed by atoms with Gasteiger partial charge in [0.1, 0.15) is 4.90 Å². The summed E-state index contributed by atoms with van der Waals surface area (Å²) in [5.41, 5.74) is 7.89. The van der Waals surface area contributed by atoms with Crippen molar-refractivity contribution in [3.63, 3.8) is 0 Å². The van der Waals surface area contributed by atoms with Crippen molar-refractivity contribution in [2.75, 3.05) is 5.73 Å². The van der Waals surface area contributed by atoms with Crippen LogP contribution in [0.15, 0.2) is 68.6 Å². The SMILES string of the molecule is Cc1cc(N)ccc1N=Nc1ccc2cc(S(=O)(=O)O)cc(S(=O)(=O)O)c2c1.[Na]. The Morgan fingerprint density at radius 1 is 0.862 bits per heavy atom. The van der Waals surface area contributed by atoms with Crippen molar-refractivity contribution in [3.05, 3.63) is 54.1 Å². The van der Waals surface area contributed by atoms with Crippen LogP contribution < -0.4 is 5.73 Å². The van der Waals surface area contributed by atoms with Gasteiger partial charge in [-0.3, -0.25) is 9.11 Å². The number of hydrogen-bond donors (Lipinski definition) is 3. The average Bonchev–Trinajstić information content (AvgIpc) is 2.58. The predicted octanol–water partition coefficient (Wildman–Crippen LogP) is 3.26. The van der Waals surface area contributed by atoms with Crippen molar-refractivity contribution in [3.8, 4) is 0 Å². The third-order valence-corrected chi connectivity index (χ3v) is 5.67. The molecule has 3 aromatic rings. The minimum atomic E-state index is -4.77. The Labute approximate surface area is 189 Å². The van der Waals surface area contributed by atoms with Gasteiger partial charge in [-0.1, -0.05) is 6.07 Å². The van der Waals surface area contributed by atoms with Gasteiger partial charge < -0.3 is 5.73 Å². The fraction of sp³-hybridized carbons (Fsp3) is 0.0588. The van der Waals surface area contributed by atoms with E-state index in [-0.39, 0.29) is 46.0 Å². The van der Waals surface area contributed by atoms with Crippen LogP contribution in [0.4, 0.5) is 17.1 Å². The van der Waals surface area contributed by atoms with Crippen LogP contribution in [0.25, 0.3) is 10.8 Å².